The molecule has 0 amide bonds. The van der Waals surface area contributed by atoms with Gasteiger partial charge in [0.25, 0.3) is 0 Å². The molecule has 1 fully saturated rings. The first kappa shape index (κ1) is 7.76. The zero-order chi connectivity index (χ0) is 7.40. The first-order chi connectivity index (χ1) is 4.84. The fourth-order valence-corrected chi connectivity index (χ4v) is 1.18. The maximum atomic E-state index is 9.35. The van der Waals surface area contributed by atoms with Crippen LogP contribution in [0, 0.1) is 0 Å². The molecule has 2 nitrogen and oxygen atoms in total. The Balaban J connectivity index is 2.43. The quantitative estimate of drug-likeness (QED) is 0.555. The van der Waals surface area contributed by atoms with Crippen molar-refractivity contribution < 1.29 is 9.84 Å². The first-order valence-corrected chi connectivity index (χ1v) is 3.77. The van der Waals surface area contributed by atoms with Crippen molar-refractivity contribution in [1.82, 2.24) is 0 Å². The normalized spacial score (nSPS) is 34.9. The minimum absolute atomic E-state index is 0.137. The topological polar surface area (TPSA) is 29.5 Å². The standard InChI is InChI=1S/C8H14O2/c1-2-8-7(9)5-3-4-6-10-8/h2,7-9H,1,3-6H2. The van der Waals surface area contributed by atoms with E-state index in [-0.39, 0.29) is 12.2 Å². The number of aliphatic hydroxyl groups excluding tert-OH is 1. The third kappa shape index (κ3) is 1.82. The van der Waals surface area contributed by atoms with Gasteiger partial charge >= 0.3 is 0 Å². The Morgan fingerprint density at radius 3 is 3.00 bits per heavy atom. The van der Waals surface area contributed by atoms with Crippen molar-refractivity contribution in [3.05, 3.63) is 12.7 Å². The highest BCUT2D eigenvalue weighted by molar-refractivity contribution is 4.87. The molecule has 1 saturated heterocycles. The molecule has 0 aromatic heterocycles. The van der Waals surface area contributed by atoms with E-state index in [9.17, 15) is 5.11 Å². The summed E-state index contributed by atoms with van der Waals surface area (Å²) < 4.78 is 5.30. The highest BCUT2D eigenvalue weighted by Crippen LogP contribution is 2.14. The zero-order valence-corrected chi connectivity index (χ0v) is 6.12. The molecule has 58 valence electrons. The molecule has 1 N–H and O–H groups in total. The highest BCUT2D eigenvalue weighted by atomic mass is 16.5. The molecule has 2 atom stereocenters. The molecule has 0 aliphatic carbocycles. The Hall–Kier alpha value is -0.340. The van der Waals surface area contributed by atoms with Gasteiger partial charge in [-0.3, -0.25) is 0 Å². The van der Waals surface area contributed by atoms with E-state index in [1.807, 2.05) is 0 Å². The van der Waals surface area contributed by atoms with Gasteiger partial charge in [-0.05, 0) is 19.3 Å². The lowest BCUT2D eigenvalue weighted by molar-refractivity contribution is 0.00365. The van der Waals surface area contributed by atoms with Crippen molar-refractivity contribution in [3.63, 3.8) is 0 Å². The van der Waals surface area contributed by atoms with Crippen LogP contribution in [0.2, 0.25) is 0 Å². The number of ether oxygens (including phenoxy) is 1. The zero-order valence-electron chi connectivity index (χ0n) is 6.12. The summed E-state index contributed by atoms with van der Waals surface area (Å²) in [4.78, 5) is 0. The molecule has 1 aliphatic heterocycles. The maximum absolute atomic E-state index is 9.35. The third-order valence-corrected chi connectivity index (χ3v) is 1.82. The van der Waals surface area contributed by atoms with Crippen molar-refractivity contribution in [2.24, 2.45) is 0 Å². The summed E-state index contributed by atoms with van der Waals surface area (Å²) in [5.74, 6) is 0. The van der Waals surface area contributed by atoms with Crippen molar-refractivity contribution in [2.45, 2.75) is 31.5 Å². The summed E-state index contributed by atoms with van der Waals surface area (Å²) >= 11 is 0. The van der Waals surface area contributed by atoms with Crippen LogP contribution in [0.5, 0.6) is 0 Å². The van der Waals surface area contributed by atoms with Crippen LogP contribution in [-0.2, 0) is 4.74 Å². The van der Waals surface area contributed by atoms with Crippen LogP contribution in [-0.4, -0.2) is 23.9 Å². The Bertz CT molecular complexity index is 112. The molecule has 10 heavy (non-hydrogen) atoms. The van der Waals surface area contributed by atoms with E-state index < -0.39 is 0 Å². The van der Waals surface area contributed by atoms with Crippen molar-refractivity contribution in [3.8, 4) is 0 Å². The summed E-state index contributed by atoms with van der Waals surface area (Å²) in [5.41, 5.74) is 0. The van der Waals surface area contributed by atoms with Gasteiger partial charge in [0.2, 0.25) is 0 Å². The van der Waals surface area contributed by atoms with Crippen LogP contribution in [0.25, 0.3) is 0 Å². The van der Waals surface area contributed by atoms with E-state index in [1.165, 1.54) is 0 Å². The predicted molar refractivity (Wildman–Crippen MR) is 39.8 cm³/mol. The second-order valence-electron chi connectivity index (χ2n) is 2.63. The number of aliphatic hydroxyl groups is 1. The lowest BCUT2D eigenvalue weighted by atomic mass is 10.1. The van der Waals surface area contributed by atoms with Gasteiger partial charge in [0.15, 0.2) is 0 Å². The molecule has 0 spiro atoms. The molecule has 0 saturated carbocycles. The smallest absolute Gasteiger partial charge is 0.101 e. The molecule has 0 bridgehead atoms. The fraction of sp³-hybridized carbons (Fsp3) is 0.750. The summed E-state index contributed by atoms with van der Waals surface area (Å²) in [6, 6.07) is 0. The van der Waals surface area contributed by atoms with Crippen LogP contribution >= 0.6 is 0 Å². The third-order valence-electron chi connectivity index (χ3n) is 1.82. The maximum Gasteiger partial charge on any atom is 0.101 e. The molecular formula is C8H14O2. The van der Waals surface area contributed by atoms with Gasteiger partial charge in [0, 0.05) is 6.61 Å². The van der Waals surface area contributed by atoms with Gasteiger partial charge < -0.3 is 9.84 Å². The van der Waals surface area contributed by atoms with Crippen molar-refractivity contribution >= 4 is 0 Å². The van der Waals surface area contributed by atoms with E-state index in [0.717, 1.165) is 25.9 Å². The van der Waals surface area contributed by atoms with Gasteiger partial charge in [-0.1, -0.05) is 6.08 Å². The average Bonchev–Trinajstić information content (AvgIpc) is 2.13. The highest BCUT2D eigenvalue weighted by Gasteiger charge is 2.18. The summed E-state index contributed by atoms with van der Waals surface area (Å²) in [6.07, 6.45) is 4.17. The number of hydrogen-bond acceptors (Lipinski definition) is 2. The summed E-state index contributed by atoms with van der Waals surface area (Å²) in [6.45, 7) is 4.35. The molecule has 0 aromatic carbocycles. The number of rotatable bonds is 1. The molecule has 1 rings (SSSR count). The Morgan fingerprint density at radius 1 is 1.50 bits per heavy atom. The van der Waals surface area contributed by atoms with E-state index >= 15 is 0 Å². The minimum Gasteiger partial charge on any atom is -0.390 e. The van der Waals surface area contributed by atoms with Gasteiger partial charge in [-0.25, -0.2) is 0 Å². The lowest BCUT2D eigenvalue weighted by Crippen LogP contribution is -2.24. The van der Waals surface area contributed by atoms with Gasteiger partial charge in [-0.15, -0.1) is 6.58 Å². The van der Waals surface area contributed by atoms with Gasteiger partial charge in [0.05, 0.1) is 6.10 Å². The molecule has 2 unspecified atom stereocenters. The number of hydrogen-bond donors (Lipinski definition) is 1. The Labute approximate surface area is 61.5 Å². The van der Waals surface area contributed by atoms with Gasteiger partial charge in [0.1, 0.15) is 6.10 Å². The lowest BCUT2D eigenvalue weighted by Gasteiger charge is -2.15. The molecule has 0 aromatic rings. The SMILES string of the molecule is C=CC1OCCCCC1O. The largest absolute Gasteiger partial charge is 0.390 e. The Kier molecular flexibility index (Phi) is 2.90. The van der Waals surface area contributed by atoms with E-state index in [1.54, 1.807) is 6.08 Å². The van der Waals surface area contributed by atoms with Crippen molar-refractivity contribution in [2.75, 3.05) is 6.61 Å². The first-order valence-electron chi connectivity index (χ1n) is 3.77. The van der Waals surface area contributed by atoms with Crippen LogP contribution in [0.3, 0.4) is 0 Å². The van der Waals surface area contributed by atoms with Crippen LogP contribution in [0.4, 0.5) is 0 Å². The molecule has 0 radical (unpaired) electrons. The second-order valence-corrected chi connectivity index (χ2v) is 2.63. The molecule has 2 heteroatoms. The summed E-state index contributed by atoms with van der Waals surface area (Å²) in [5, 5.41) is 9.35. The predicted octanol–water partition coefficient (Wildman–Crippen LogP) is 1.10. The fourth-order valence-electron chi connectivity index (χ4n) is 1.18. The van der Waals surface area contributed by atoms with Crippen molar-refractivity contribution in [1.29, 1.82) is 0 Å². The van der Waals surface area contributed by atoms with E-state index in [4.69, 9.17) is 4.74 Å². The monoisotopic (exact) mass is 142 g/mol. The van der Waals surface area contributed by atoms with Gasteiger partial charge in [-0.2, -0.15) is 0 Å². The summed E-state index contributed by atoms with van der Waals surface area (Å²) in [7, 11) is 0. The average molecular weight is 142 g/mol. The van der Waals surface area contributed by atoms with E-state index in [2.05, 4.69) is 6.58 Å². The molecule has 1 aliphatic rings. The second kappa shape index (κ2) is 3.74. The van der Waals surface area contributed by atoms with Crippen LogP contribution in [0.15, 0.2) is 12.7 Å². The minimum atomic E-state index is -0.333. The molecule has 1 heterocycles. The van der Waals surface area contributed by atoms with Crippen LogP contribution in [0.1, 0.15) is 19.3 Å². The van der Waals surface area contributed by atoms with Crippen LogP contribution < -0.4 is 0 Å². The molecular weight excluding hydrogens is 128 g/mol. The van der Waals surface area contributed by atoms with E-state index in [0.29, 0.717) is 0 Å². The Morgan fingerprint density at radius 2 is 2.30 bits per heavy atom.